The van der Waals surface area contributed by atoms with Gasteiger partial charge in [-0.15, -0.1) is 0 Å². The van der Waals surface area contributed by atoms with Crippen molar-refractivity contribution in [1.82, 2.24) is 0 Å². The van der Waals surface area contributed by atoms with Gasteiger partial charge >= 0.3 is 5.97 Å². The normalized spacial score (nSPS) is 11.7. The minimum absolute atomic E-state index is 0.0237. The van der Waals surface area contributed by atoms with Gasteiger partial charge in [-0.1, -0.05) is 78.9 Å². The molecule has 4 rings (SSSR count). The quantitative estimate of drug-likeness (QED) is 0.111. The average molecular weight is 537 g/mol. The Bertz CT molecular complexity index is 1410. The Morgan fingerprint density at radius 1 is 0.775 bits per heavy atom. The second kappa shape index (κ2) is 14.5. The molecular weight excluding hydrogens is 504 g/mol. The number of ketones is 1. The topological polar surface area (TPSA) is 82.1 Å². The maximum atomic E-state index is 12.6. The molecule has 0 saturated carbocycles. The predicted octanol–water partition coefficient (Wildman–Crippen LogP) is 6.58. The van der Waals surface area contributed by atoms with Crippen LogP contribution in [-0.2, 0) is 16.0 Å². The van der Waals surface area contributed by atoms with Crippen molar-refractivity contribution in [1.29, 1.82) is 0 Å². The smallest absolute Gasteiger partial charge is 0.333 e. The van der Waals surface area contributed by atoms with Crippen LogP contribution in [0.4, 0.5) is 0 Å². The minimum atomic E-state index is -0.998. The largest absolute Gasteiger partial charge is 0.493 e. The number of aliphatic carboxylic acids is 1. The molecule has 0 aliphatic heterocycles. The standard InChI is InChI=1S/C34H32O6/c1-38-32(34(36)37)24-26-14-20-31(29(23-26)15-13-25-9-4-2-5-10-25)40-22-8-21-39-30-18-16-28(17-19-30)33(35)27-11-6-3-7-12-27/h2-7,9-20,23,32H,8,21-22,24H2,1H3,(H,36,37)/b15-13+/t32-/m0/s1. The molecule has 0 radical (unpaired) electrons. The number of hydrogen-bond donors (Lipinski definition) is 1. The summed E-state index contributed by atoms with van der Waals surface area (Å²) < 4.78 is 17.0. The van der Waals surface area contributed by atoms with Crippen molar-refractivity contribution in [3.8, 4) is 11.5 Å². The van der Waals surface area contributed by atoms with E-state index in [1.165, 1.54) is 7.11 Å². The van der Waals surface area contributed by atoms with Gasteiger partial charge in [0.25, 0.3) is 0 Å². The van der Waals surface area contributed by atoms with Gasteiger partial charge in [-0.25, -0.2) is 4.79 Å². The Balaban J connectivity index is 1.34. The number of methoxy groups -OCH3 is 1. The van der Waals surface area contributed by atoms with E-state index in [0.29, 0.717) is 42.3 Å². The summed E-state index contributed by atoms with van der Waals surface area (Å²) in [6.07, 6.45) is 3.94. The summed E-state index contributed by atoms with van der Waals surface area (Å²) in [6.45, 7) is 0.888. The zero-order valence-corrected chi connectivity index (χ0v) is 22.4. The molecule has 0 aliphatic rings. The molecule has 0 amide bonds. The number of carbonyl (C=O) groups excluding carboxylic acids is 1. The summed E-state index contributed by atoms with van der Waals surface area (Å²) in [6, 6.07) is 31.9. The SMILES string of the molecule is CO[C@@H](Cc1ccc(OCCCOc2ccc(C(=O)c3ccccc3)cc2)c(/C=C/c2ccccc2)c1)C(=O)O. The number of ether oxygens (including phenoxy) is 3. The van der Waals surface area contributed by atoms with Gasteiger partial charge in [0.05, 0.1) is 13.2 Å². The molecule has 6 nitrogen and oxygen atoms in total. The molecule has 0 heterocycles. The van der Waals surface area contributed by atoms with E-state index in [1.54, 1.807) is 36.4 Å². The van der Waals surface area contributed by atoms with Crippen LogP contribution in [0.3, 0.4) is 0 Å². The molecule has 4 aromatic rings. The third kappa shape index (κ3) is 8.16. The molecule has 204 valence electrons. The van der Waals surface area contributed by atoms with Gasteiger partial charge in [0.15, 0.2) is 11.9 Å². The molecule has 0 fully saturated rings. The monoisotopic (exact) mass is 536 g/mol. The van der Waals surface area contributed by atoms with E-state index in [0.717, 1.165) is 16.7 Å². The highest BCUT2D eigenvalue weighted by molar-refractivity contribution is 6.09. The second-order valence-corrected chi connectivity index (χ2v) is 9.15. The fraction of sp³-hybridized carbons (Fsp3) is 0.176. The van der Waals surface area contributed by atoms with E-state index in [2.05, 4.69) is 0 Å². The average Bonchev–Trinajstić information content (AvgIpc) is 3.00. The summed E-state index contributed by atoms with van der Waals surface area (Å²) in [5, 5.41) is 9.35. The Labute approximate surface area is 234 Å². The van der Waals surface area contributed by atoms with E-state index in [9.17, 15) is 14.7 Å². The zero-order valence-electron chi connectivity index (χ0n) is 22.4. The van der Waals surface area contributed by atoms with Crippen molar-refractivity contribution >= 4 is 23.9 Å². The molecule has 1 N–H and O–H groups in total. The zero-order chi connectivity index (χ0) is 28.2. The van der Waals surface area contributed by atoms with Gasteiger partial charge in [-0.05, 0) is 47.5 Å². The van der Waals surface area contributed by atoms with Crippen LogP contribution in [0.15, 0.2) is 103 Å². The third-order valence-corrected chi connectivity index (χ3v) is 6.28. The van der Waals surface area contributed by atoms with Crippen LogP contribution in [0.5, 0.6) is 11.5 Å². The first-order valence-corrected chi connectivity index (χ1v) is 13.1. The van der Waals surface area contributed by atoms with Crippen LogP contribution in [0, 0.1) is 0 Å². The molecule has 1 atom stereocenters. The van der Waals surface area contributed by atoms with Crippen LogP contribution in [0.25, 0.3) is 12.2 Å². The molecular formula is C34H32O6. The van der Waals surface area contributed by atoms with Crippen LogP contribution >= 0.6 is 0 Å². The van der Waals surface area contributed by atoms with Crippen molar-refractivity contribution in [2.75, 3.05) is 20.3 Å². The fourth-order valence-corrected chi connectivity index (χ4v) is 4.11. The van der Waals surface area contributed by atoms with E-state index in [-0.39, 0.29) is 12.2 Å². The molecule has 0 spiro atoms. The van der Waals surface area contributed by atoms with Crippen LogP contribution < -0.4 is 9.47 Å². The summed E-state index contributed by atoms with van der Waals surface area (Å²) >= 11 is 0. The molecule has 0 saturated heterocycles. The molecule has 40 heavy (non-hydrogen) atoms. The number of hydrogen-bond acceptors (Lipinski definition) is 5. The van der Waals surface area contributed by atoms with E-state index in [4.69, 9.17) is 14.2 Å². The van der Waals surface area contributed by atoms with Crippen molar-refractivity contribution in [3.05, 3.63) is 131 Å². The van der Waals surface area contributed by atoms with Crippen molar-refractivity contribution < 1.29 is 28.9 Å². The van der Waals surface area contributed by atoms with Gasteiger partial charge in [-0.2, -0.15) is 0 Å². The van der Waals surface area contributed by atoms with Gasteiger partial charge in [0.1, 0.15) is 11.5 Å². The number of carboxylic acid groups (broad SMARTS) is 1. The fourth-order valence-electron chi connectivity index (χ4n) is 4.11. The lowest BCUT2D eigenvalue weighted by atomic mass is 10.0. The predicted molar refractivity (Wildman–Crippen MR) is 156 cm³/mol. The summed E-state index contributed by atoms with van der Waals surface area (Å²) in [5.74, 6) is 0.363. The Hall–Kier alpha value is -4.68. The van der Waals surface area contributed by atoms with Crippen molar-refractivity contribution in [3.63, 3.8) is 0 Å². The van der Waals surface area contributed by atoms with Crippen LogP contribution in [-0.4, -0.2) is 43.3 Å². The Kier molecular flexibility index (Phi) is 10.2. The third-order valence-electron chi connectivity index (χ3n) is 6.28. The van der Waals surface area contributed by atoms with Gasteiger partial charge in [0, 0.05) is 36.6 Å². The first-order valence-electron chi connectivity index (χ1n) is 13.1. The molecule has 0 bridgehead atoms. The Morgan fingerprint density at radius 2 is 1.43 bits per heavy atom. The van der Waals surface area contributed by atoms with Gasteiger partial charge < -0.3 is 19.3 Å². The van der Waals surface area contributed by atoms with Crippen molar-refractivity contribution in [2.24, 2.45) is 0 Å². The highest BCUT2D eigenvalue weighted by Gasteiger charge is 2.17. The number of benzene rings is 4. The summed E-state index contributed by atoms with van der Waals surface area (Å²) in [7, 11) is 1.40. The summed E-state index contributed by atoms with van der Waals surface area (Å²) in [5.41, 5.74) is 4.00. The highest BCUT2D eigenvalue weighted by atomic mass is 16.5. The first kappa shape index (κ1) is 28.3. The van der Waals surface area contributed by atoms with E-state index < -0.39 is 12.1 Å². The Morgan fingerprint density at radius 3 is 2.10 bits per heavy atom. The maximum Gasteiger partial charge on any atom is 0.333 e. The number of carboxylic acids is 1. The molecule has 0 aliphatic carbocycles. The number of carbonyl (C=O) groups is 2. The summed E-state index contributed by atoms with van der Waals surface area (Å²) in [4.78, 5) is 24.0. The lowest BCUT2D eigenvalue weighted by Gasteiger charge is -2.14. The van der Waals surface area contributed by atoms with E-state index in [1.807, 2.05) is 78.9 Å². The molecule has 6 heteroatoms. The second-order valence-electron chi connectivity index (χ2n) is 9.15. The lowest BCUT2D eigenvalue weighted by molar-refractivity contribution is -0.148. The van der Waals surface area contributed by atoms with Gasteiger partial charge in [-0.3, -0.25) is 4.79 Å². The van der Waals surface area contributed by atoms with E-state index >= 15 is 0 Å². The molecule has 4 aromatic carbocycles. The van der Waals surface area contributed by atoms with Crippen LogP contribution in [0.2, 0.25) is 0 Å². The van der Waals surface area contributed by atoms with Gasteiger partial charge in [0.2, 0.25) is 0 Å². The lowest BCUT2D eigenvalue weighted by Crippen LogP contribution is -2.24. The van der Waals surface area contributed by atoms with Crippen molar-refractivity contribution in [2.45, 2.75) is 18.9 Å². The molecule has 0 unspecified atom stereocenters. The maximum absolute atomic E-state index is 12.6. The van der Waals surface area contributed by atoms with Crippen LogP contribution in [0.1, 0.15) is 39.0 Å². The first-order chi connectivity index (χ1) is 19.5. The highest BCUT2D eigenvalue weighted by Crippen LogP contribution is 2.24. The number of rotatable bonds is 14. The minimum Gasteiger partial charge on any atom is -0.493 e. The molecule has 0 aromatic heterocycles.